The van der Waals surface area contributed by atoms with Crippen molar-refractivity contribution in [2.24, 2.45) is 0 Å². The number of rotatable bonds is 2. The Bertz CT molecular complexity index is 1040. The zero-order valence-corrected chi connectivity index (χ0v) is 16.0. The Morgan fingerprint density at radius 2 is 2.04 bits per heavy atom. The van der Waals surface area contributed by atoms with E-state index in [-0.39, 0.29) is 0 Å². The zero-order chi connectivity index (χ0) is 19.4. The molecule has 1 fully saturated rings. The van der Waals surface area contributed by atoms with Crippen molar-refractivity contribution in [3.05, 3.63) is 58.6 Å². The summed E-state index contributed by atoms with van der Waals surface area (Å²) < 4.78 is 13.8. The van der Waals surface area contributed by atoms with Crippen LogP contribution in [0.1, 0.15) is 29.2 Å². The molecule has 0 spiro atoms. The van der Waals surface area contributed by atoms with Crippen molar-refractivity contribution in [3.8, 4) is 0 Å². The second-order valence-electron chi connectivity index (χ2n) is 7.28. The predicted octanol–water partition coefficient (Wildman–Crippen LogP) is 2.33. The van der Waals surface area contributed by atoms with Crippen LogP contribution in [0.15, 0.2) is 36.8 Å². The van der Waals surface area contributed by atoms with Crippen LogP contribution < -0.4 is 0 Å². The number of aliphatic hydroxyl groups excluding tert-OH is 2. The van der Waals surface area contributed by atoms with E-state index in [1.807, 2.05) is 25.1 Å². The van der Waals surface area contributed by atoms with Crippen molar-refractivity contribution in [3.63, 3.8) is 0 Å². The first-order valence-corrected chi connectivity index (χ1v) is 9.62. The van der Waals surface area contributed by atoms with Crippen molar-refractivity contribution in [1.29, 1.82) is 0 Å². The van der Waals surface area contributed by atoms with E-state index in [4.69, 9.17) is 21.1 Å². The third-order valence-electron chi connectivity index (χ3n) is 5.64. The van der Waals surface area contributed by atoms with Gasteiger partial charge in [-0.1, -0.05) is 17.7 Å². The Labute approximate surface area is 166 Å². The lowest BCUT2D eigenvalue weighted by atomic mass is 9.92. The Kier molecular flexibility index (Phi) is 4.37. The van der Waals surface area contributed by atoms with E-state index in [1.54, 1.807) is 16.8 Å². The molecule has 0 radical (unpaired) electrons. The highest BCUT2D eigenvalue weighted by molar-refractivity contribution is 6.30. The lowest BCUT2D eigenvalue weighted by molar-refractivity contribution is -0.113. The first kappa shape index (κ1) is 18.0. The summed E-state index contributed by atoms with van der Waals surface area (Å²) in [6.07, 6.45) is -0.144. The number of aryl methyl sites for hydroxylation is 1. The first-order chi connectivity index (χ1) is 13.5. The summed E-state index contributed by atoms with van der Waals surface area (Å²) in [6, 6.07) is 7.51. The van der Waals surface area contributed by atoms with Crippen molar-refractivity contribution in [2.75, 3.05) is 6.61 Å². The summed E-state index contributed by atoms with van der Waals surface area (Å²) in [4.78, 5) is 8.52. The van der Waals surface area contributed by atoms with Crippen molar-refractivity contribution >= 4 is 22.6 Å². The quantitative estimate of drug-likeness (QED) is 0.685. The molecule has 5 atom stereocenters. The fourth-order valence-corrected chi connectivity index (χ4v) is 4.39. The van der Waals surface area contributed by atoms with Crippen LogP contribution >= 0.6 is 11.6 Å². The minimum atomic E-state index is -1.11. The molecule has 2 N–H and O–H groups in total. The fraction of sp³-hybridized carbons (Fsp3) is 0.400. The smallest absolute Gasteiger partial charge is 0.164 e. The van der Waals surface area contributed by atoms with E-state index >= 15 is 0 Å². The Balaban J connectivity index is 1.50. The van der Waals surface area contributed by atoms with Gasteiger partial charge in [0, 0.05) is 16.6 Å². The molecule has 2 aliphatic rings. The van der Waals surface area contributed by atoms with Crippen LogP contribution in [0.5, 0.6) is 0 Å². The molecule has 5 rings (SSSR count). The summed E-state index contributed by atoms with van der Waals surface area (Å²) in [5.41, 5.74) is 3.51. The van der Waals surface area contributed by atoms with Crippen LogP contribution in [0.4, 0.5) is 0 Å². The Morgan fingerprint density at radius 3 is 2.89 bits per heavy atom. The third kappa shape index (κ3) is 2.74. The maximum atomic E-state index is 10.8. The van der Waals surface area contributed by atoms with Crippen molar-refractivity contribution in [2.45, 2.75) is 44.0 Å². The number of ether oxygens (including phenoxy) is 2. The number of benzene rings is 1. The van der Waals surface area contributed by atoms with Gasteiger partial charge < -0.3 is 24.3 Å². The molecule has 146 valence electrons. The molecule has 0 unspecified atom stereocenters. The Hall–Kier alpha value is -2.03. The highest BCUT2D eigenvalue weighted by Gasteiger charge is 2.49. The van der Waals surface area contributed by atoms with E-state index in [1.165, 1.54) is 6.33 Å². The monoisotopic (exact) mass is 401 g/mol. The van der Waals surface area contributed by atoms with E-state index in [9.17, 15) is 10.2 Å². The number of aromatic nitrogens is 3. The lowest BCUT2D eigenvalue weighted by Gasteiger charge is -2.31. The third-order valence-corrected chi connectivity index (χ3v) is 5.87. The normalized spacial score (nSPS) is 29.9. The molecule has 3 aromatic rings. The average molecular weight is 402 g/mol. The number of nitrogens with zero attached hydrogens (tertiary/aromatic N) is 3. The molecule has 0 bridgehead atoms. The van der Waals surface area contributed by atoms with Gasteiger partial charge in [0.25, 0.3) is 0 Å². The van der Waals surface area contributed by atoms with Crippen molar-refractivity contribution in [1.82, 2.24) is 14.5 Å². The molecule has 2 aliphatic heterocycles. The topological polar surface area (TPSA) is 89.6 Å². The molecule has 1 aromatic carbocycles. The minimum Gasteiger partial charge on any atom is -0.387 e. The minimum absolute atomic E-state index is 0.478. The van der Waals surface area contributed by atoms with E-state index in [0.29, 0.717) is 17.3 Å². The van der Waals surface area contributed by atoms with Crippen LogP contribution in [0, 0.1) is 6.92 Å². The molecular formula is C20H20ClN3O4. The zero-order valence-electron chi connectivity index (χ0n) is 15.2. The summed E-state index contributed by atoms with van der Waals surface area (Å²) in [6.45, 7) is 2.40. The van der Waals surface area contributed by atoms with E-state index in [0.717, 1.165) is 28.6 Å². The lowest BCUT2D eigenvalue weighted by Crippen LogP contribution is -2.37. The number of halogens is 1. The molecule has 7 nitrogen and oxygen atoms in total. The molecule has 0 amide bonds. The van der Waals surface area contributed by atoms with Crippen LogP contribution in [0.2, 0.25) is 5.02 Å². The fourth-order valence-electron chi connectivity index (χ4n) is 4.19. The van der Waals surface area contributed by atoms with Gasteiger partial charge in [-0.2, -0.15) is 0 Å². The van der Waals surface area contributed by atoms with Crippen LogP contribution in [0.3, 0.4) is 0 Å². The number of hydrogen-bond acceptors (Lipinski definition) is 6. The second-order valence-corrected chi connectivity index (χ2v) is 7.71. The number of aliphatic hydroxyl groups is 2. The largest absolute Gasteiger partial charge is 0.387 e. The van der Waals surface area contributed by atoms with Gasteiger partial charge in [0.1, 0.15) is 36.4 Å². The van der Waals surface area contributed by atoms with Gasteiger partial charge in [-0.15, -0.1) is 0 Å². The second kappa shape index (κ2) is 6.79. The van der Waals surface area contributed by atoms with Gasteiger partial charge in [-0.3, -0.25) is 0 Å². The van der Waals surface area contributed by atoms with Gasteiger partial charge in [0.15, 0.2) is 6.23 Å². The van der Waals surface area contributed by atoms with Crippen molar-refractivity contribution < 1.29 is 19.7 Å². The summed E-state index contributed by atoms with van der Waals surface area (Å²) in [5, 5.41) is 23.0. The Morgan fingerprint density at radius 1 is 1.18 bits per heavy atom. The van der Waals surface area contributed by atoms with Crippen LogP contribution in [0.25, 0.3) is 11.0 Å². The molecule has 0 aliphatic carbocycles. The molecule has 0 saturated carbocycles. The van der Waals surface area contributed by atoms with Gasteiger partial charge in [0.05, 0.1) is 12.3 Å². The van der Waals surface area contributed by atoms with Gasteiger partial charge in [-0.05, 0) is 42.7 Å². The molecule has 2 aromatic heterocycles. The van der Waals surface area contributed by atoms with E-state index in [2.05, 4.69) is 9.97 Å². The summed E-state index contributed by atoms with van der Waals surface area (Å²) >= 11 is 6.12. The molecule has 1 saturated heterocycles. The van der Waals surface area contributed by atoms with Crippen LogP contribution in [-0.4, -0.2) is 49.7 Å². The predicted molar refractivity (Wildman–Crippen MR) is 102 cm³/mol. The standard InChI is InChI=1S/C20H20ClN3O4/c1-10-13-4-6-24(19(13)23-9-22-10)20-16(26)15(25)18(28-20)17-14-3-2-12(21)8-11(14)5-7-27-17/h2-4,6,8-9,15-18,20,25-26H,5,7H2,1H3/t15-,16+,17-,18-,20+/m0/s1. The SMILES string of the molecule is Cc1ncnc2c1ccn2[C@@H]1O[C@H]([C@H]2OCCc3cc(Cl)ccc32)[C@@H](O)[C@H]1O. The maximum absolute atomic E-state index is 10.8. The number of hydrogen-bond donors (Lipinski definition) is 2. The highest BCUT2D eigenvalue weighted by atomic mass is 35.5. The van der Waals surface area contributed by atoms with E-state index < -0.39 is 30.6 Å². The van der Waals surface area contributed by atoms with Gasteiger partial charge in [0.2, 0.25) is 0 Å². The molecule has 28 heavy (non-hydrogen) atoms. The number of fused-ring (bicyclic) bond motifs is 2. The van der Waals surface area contributed by atoms with Gasteiger partial charge >= 0.3 is 0 Å². The highest BCUT2D eigenvalue weighted by Crippen LogP contribution is 2.41. The summed E-state index contributed by atoms with van der Waals surface area (Å²) in [5.74, 6) is 0. The van der Waals surface area contributed by atoms with Gasteiger partial charge in [-0.25, -0.2) is 9.97 Å². The average Bonchev–Trinajstić information content (AvgIpc) is 3.24. The maximum Gasteiger partial charge on any atom is 0.164 e. The molecule has 4 heterocycles. The first-order valence-electron chi connectivity index (χ1n) is 9.24. The summed E-state index contributed by atoms with van der Waals surface area (Å²) in [7, 11) is 0. The van der Waals surface area contributed by atoms with Crippen LogP contribution in [-0.2, 0) is 15.9 Å². The molecule has 8 heteroatoms. The molecular weight excluding hydrogens is 382 g/mol.